The maximum Gasteiger partial charge on any atom is 0.705 e. The fraction of sp³-hybridized carbons (Fsp3) is 0.591. The molecule has 0 N–H and O–H groups in total. The number of carbonyl (C=O) groups is 3. The van der Waals surface area contributed by atoms with Gasteiger partial charge in [0.15, 0.2) is 0 Å². The number of ether oxygens (including phenoxy) is 1. The highest BCUT2D eigenvalue weighted by atomic mass is 28.4. The molecule has 1 aliphatic carbocycles. The second kappa shape index (κ2) is 11.2. The van der Waals surface area contributed by atoms with Crippen LogP contribution in [-0.4, -0.2) is 33.3 Å². The summed E-state index contributed by atoms with van der Waals surface area (Å²) in [7, 11) is -3.79. The van der Waals surface area contributed by atoms with Gasteiger partial charge >= 0.3 is 8.80 Å². The summed E-state index contributed by atoms with van der Waals surface area (Å²) >= 11 is 0. The maximum absolute atomic E-state index is 11.5. The molecule has 2 rings (SSSR count). The zero-order valence-electron chi connectivity index (χ0n) is 18.3. The number of rotatable bonds is 9. The highest BCUT2D eigenvalue weighted by Crippen LogP contribution is 2.36. The molecule has 0 saturated heterocycles. The summed E-state index contributed by atoms with van der Waals surface area (Å²) in [6.45, 7) is 6.16. The molecule has 0 aliphatic heterocycles. The molecule has 166 valence electrons. The van der Waals surface area contributed by atoms with Crippen LogP contribution in [0.25, 0.3) is 0 Å². The molecule has 1 fully saturated rings. The largest absolute Gasteiger partial charge is 0.705 e. The Balaban J connectivity index is 1.89. The number of hydrogen-bond acceptors (Lipinski definition) is 7. The lowest BCUT2D eigenvalue weighted by Crippen LogP contribution is -2.49. The van der Waals surface area contributed by atoms with Crippen molar-refractivity contribution in [2.75, 3.05) is 6.61 Å². The van der Waals surface area contributed by atoms with E-state index in [1.807, 2.05) is 12.1 Å². The molecule has 0 heterocycles. The maximum atomic E-state index is 11.5. The molecule has 0 unspecified atom stereocenters. The minimum absolute atomic E-state index is 0.101. The second-order valence-electron chi connectivity index (χ2n) is 7.94. The van der Waals surface area contributed by atoms with Crippen LogP contribution in [0.4, 0.5) is 0 Å². The first kappa shape index (κ1) is 23.9. The first-order chi connectivity index (χ1) is 14.2. The first-order valence-electron chi connectivity index (χ1n) is 10.5. The number of benzene rings is 1. The van der Waals surface area contributed by atoms with Gasteiger partial charge in [-0.15, -0.1) is 0 Å². The van der Waals surface area contributed by atoms with E-state index in [0.29, 0.717) is 18.9 Å². The minimum atomic E-state index is -3.79. The highest BCUT2D eigenvalue weighted by molar-refractivity contribution is 6.65. The first-order valence-corrected chi connectivity index (χ1v) is 12.4. The van der Waals surface area contributed by atoms with Crippen molar-refractivity contribution in [1.82, 2.24) is 0 Å². The van der Waals surface area contributed by atoms with E-state index in [4.69, 9.17) is 18.0 Å². The Kier molecular flexibility index (Phi) is 8.89. The SMILES string of the molecule is CC(=O)O[Si](CCCOc1ccc([C@H]2CC[C@H](C)CC2)cc1)(OC(C)=O)OC(C)=O. The molecule has 0 spiro atoms. The predicted molar refractivity (Wildman–Crippen MR) is 113 cm³/mol. The van der Waals surface area contributed by atoms with Crippen LogP contribution in [0.15, 0.2) is 24.3 Å². The molecule has 1 saturated carbocycles. The molecule has 1 aromatic rings. The molecule has 30 heavy (non-hydrogen) atoms. The van der Waals surface area contributed by atoms with Crippen molar-refractivity contribution in [3.8, 4) is 5.75 Å². The van der Waals surface area contributed by atoms with Crippen molar-refractivity contribution in [1.29, 1.82) is 0 Å². The molecule has 0 radical (unpaired) electrons. The zero-order chi connectivity index (χ0) is 22.1. The van der Waals surface area contributed by atoms with Crippen LogP contribution in [0.2, 0.25) is 6.04 Å². The monoisotopic (exact) mass is 436 g/mol. The summed E-state index contributed by atoms with van der Waals surface area (Å²) in [4.78, 5) is 34.4. The average Bonchev–Trinajstić information content (AvgIpc) is 2.65. The third kappa shape index (κ3) is 7.82. The molecular formula is C22H32O7Si. The van der Waals surface area contributed by atoms with Crippen LogP contribution in [0, 0.1) is 5.92 Å². The minimum Gasteiger partial charge on any atom is -0.494 e. The Morgan fingerprint density at radius 2 is 1.37 bits per heavy atom. The summed E-state index contributed by atoms with van der Waals surface area (Å²) in [5.41, 5.74) is 1.35. The standard InChI is InChI=1S/C22H32O7Si/c1-16-6-8-20(9-7-16)21-10-12-22(13-11-21)26-14-5-15-30(27-17(2)23,28-18(3)24)29-19(4)25/h10-13,16,20H,5-9,14-15H2,1-4H3/t16-,20-. The van der Waals surface area contributed by atoms with E-state index in [1.54, 1.807) is 0 Å². The van der Waals surface area contributed by atoms with Crippen LogP contribution >= 0.6 is 0 Å². The van der Waals surface area contributed by atoms with Crippen LogP contribution in [0.5, 0.6) is 5.75 Å². The Bertz CT molecular complexity index is 683. The molecule has 0 bridgehead atoms. The van der Waals surface area contributed by atoms with Gasteiger partial charge in [-0.1, -0.05) is 31.9 Å². The van der Waals surface area contributed by atoms with Crippen LogP contribution in [-0.2, 0) is 27.7 Å². The third-order valence-corrected chi connectivity index (χ3v) is 7.92. The molecular weight excluding hydrogens is 404 g/mol. The van der Waals surface area contributed by atoms with Gasteiger partial charge in [-0.2, -0.15) is 0 Å². The van der Waals surface area contributed by atoms with E-state index in [1.165, 1.54) is 52.0 Å². The highest BCUT2D eigenvalue weighted by Gasteiger charge is 2.51. The normalized spacial score (nSPS) is 18.9. The van der Waals surface area contributed by atoms with E-state index < -0.39 is 26.7 Å². The molecule has 0 atom stereocenters. The van der Waals surface area contributed by atoms with Gasteiger partial charge in [-0.3, -0.25) is 14.4 Å². The fourth-order valence-electron chi connectivity index (χ4n) is 3.78. The summed E-state index contributed by atoms with van der Waals surface area (Å²) in [6, 6.07) is 8.26. The van der Waals surface area contributed by atoms with Gasteiger partial charge < -0.3 is 18.0 Å². The van der Waals surface area contributed by atoms with E-state index in [2.05, 4.69) is 19.1 Å². The third-order valence-electron chi connectivity index (χ3n) is 5.16. The van der Waals surface area contributed by atoms with E-state index in [-0.39, 0.29) is 6.04 Å². The smallest absolute Gasteiger partial charge is 0.494 e. The second-order valence-corrected chi connectivity index (χ2v) is 10.4. The summed E-state index contributed by atoms with van der Waals surface area (Å²) < 4.78 is 21.3. The zero-order valence-corrected chi connectivity index (χ0v) is 19.3. The molecule has 0 aromatic heterocycles. The Labute approximate surface area is 179 Å². The van der Waals surface area contributed by atoms with Gasteiger partial charge in [-0.05, 0) is 48.8 Å². The predicted octanol–water partition coefficient (Wildman–Crippen LogP) is 4.38. The van der Waals surface area contributed by atoms with Gasteiger partial charge in [-0.25, -0.2) is 0 Å². The van der Waals surface area contributed by atoms with Crippen molar-refractivity contribution in [3.63, 3.8) is 0 Å². The van der Waals surface area contributed by atoms with Crippen molar-refractivity contribution in [3.05, 3.63) is 29.8 Å². The number of carbonyl (C=O) groups excluding carboxylic acids is 3. The van der Waals surface area contributed by atoms with E-state index in [0.717, 1.165) is 11.7 Å². The van der Waals surface area contributed by atoms with Gasteiger partial charge in [0.1, 0.15) is 5.75 Å². The van der Waals surface area contributed by atoms with Crippen molar-refractivity contribution >= 4 is 26.7 Å². The molecule has 1 aliphatic rings. The molecule has 7 nitrogen and oxygen atoms in total. The Morgan fingerprint density at radius 1 is 0.867 bits per heavy atom. The molecule has 8 heteroatoms. The summed E-state index contributed by atoms with van der Waals surface area (Å²) in [5.74, 6) is 0.180. The summed E-state index contributed by atoms with van der Waals surface area (Å²) in [6.07, 6.45) is 5.42. The van der Waals surface area contributed by atoms with Crippen molar-refractivity contribution in [2.45, 2.75) is 71.8 Å². The van der Waals surface area contributed by atoms with Gasteiger partial charge in [0.2, 0.25) is 0 Å². The lowest BCUT2D eigenvalue weighted by atomic mass is 9.79. The topological polar surface area (TPSA) is 88.1 Å². The molecule has 0 amide bonds. The van der Waals surface area contributed by atoms with Crippen molar-refractivity contribution in [2.24, 2.45) is 5.92 Å². The van der Waals surface area contributed by atoms with Crippen LogP contribution in [0.3, 0.4) is 0 Å². The summed E-state index contributed by atoms with van der Waals surface area (Å²) in [5, 5.41) is 0. The van der Waals surface area contributed by atoms with Gasteiger partial charge in [0.25, 0.3) is 17.9 Å². The van der Waals surface area contributed by atoms with E-state index in [9.17, 15) is 14.4 Å². The lowest BCUT2D eigenvalue weighted by molar-refractivity contribution is -0.147. The van der Waals surface area contributed by atoms with Gasteiger partial charge in [0.05, 0.1) is 12.7 Å². The Morgan fingerprint density at radius 3 is 1.83 bits per heavy atom. The Hall–Kier alpha value is -2.35. The van der Waals surface area contributed by atoms with E-state index >= 15 is 0 Å². The van der Waals surface area contributed by atoms with Crippen molar-refractivity contribution < 1.29 is 32.4 Å². The van der Waals surface area contributed by atoms with Crippen LogP contribution in [0.1, 0.15) is 71.3 Å². The van der Waals surface area contributed by atoms with Crippen LogP contribution < -0.4 is 4.74 Å². The van der Waals surface area contributed by atoms with Gasteiger partial charge in [0, 0.05) is 20.8 Å². The fourth-order valence-corrected chi connectivity index (χ4v) is 6.10. The molecule has 1 aromatic carbocycles. The number of hydrogen-bond donors (Lipinski definition) is 0. The lowest BCUT2D eigenvalue weighted by Gasteiger charge is -2.26. The quantitative estimate of drug-likeness (QED) is 0.419. The average molecular weight is 437 g/mol.